The Bertz CT molecular complexity index is 2270. The van der Waals surface area contributed by atoms with E-state index in [2.05, 4.69) is 0 Å². The molecule has 0 saturated heterocycles. The molecule has 0 aromatic carbocycles. The molecule has 0 atom stereocenters. The first-order valence-electron chi connectivity index (χ1n) is 22.8. The SMILES string of the molecule is BB=BB=BB=BB=BB=BB=BB=BB=BB=BB=BB=BB=BB=BB=BB=BB=BB=BB=BB=BB=BB=BB=BB=BB=BB=BB=BB=BB=BB=BB=BB=BB=BOCC. The first-order chi connectivity index (χ1) is 33.9. The van der Waals surface area contributed by atoms with Crippen molar-refractivity contribution in [2.24, 2.45) is 0 Å². The molecule has 0 rings (SSSR count). The summed E-state index contributed by atoms with van der Waals surface area (Å²) in [6.45, 7) is 128. The van der Waals surface area contributed by atoms with Crippen LogP contribution in [0, 0.1) is 0 Å². The average molecular weight is 750 g/mol. The molecule has 0 unspecified atom stereocenters. The van der Waals surface area contributed by atoms with Crippen LogP contribution >= 0.6 is 0 Å². The predicted molar refractivity (Wildman–Crippen MR) is 388 cm³/mol. The van der Waals surface area contributed by atoms with E-state index in [0.29, 0.717) is 6.61 Å². The molecular formula is C2H7B65O. The van der Waals surface area contributed by atoms with E-state index in [-0.39, 0.29) is 0 Å². The van der Waals surface area contributed by atoms with Crippen LogP contribution in [0.2, 0.25) is 0 Å². The summed E-state index contributed by atoms with van der Waals surface area (Å²) in [5.74, 6) is 0. The van der Waals surface area contributed by atoms with Crippen LogP contribution in [0.15, 0.2) is 0 Å². The van der Waals surface area contributed by atoms with Gasteiger partial charge >= 0.3 is 455 Å². The van der Waals surface area contributed by atoms with Crippen molar-refractivity contribution >= 4 is 436 Å². The van der Waals surface area contributed by atoms with Gasteiger partial charge in [-0.05, 0) is 0 Å². The number of hydrogen-bond donors (Lipinski definition) is 0. The van der Waals surface area contributed by atoms with Crippen LogP contribution in [0.1, 0.15) is 6.92 Å². The molecule has 0 saturated carbocycles. The first kappa shape index (κ1) is 72.0. The summed E-state index contributed by atoms with van der Waals surface area (Å²) in [5, 5.41) is 0. The zero-order valence-corrected chi connectivity index (χ0v) is 40.1. The average Bonchev–Trinajstić information content (AvgIpc) is 3.35. The number of rotatable bonds is 33. The minimum absolute atomic E-state index is 0.685. The molecule has 0 heterocycles. The van der Waals surface area contributed by atoms with Gasteiger partial charge in [0.1, 0.15) is 0 Å². The van der Waals surface area contributed by atoms with Crippen LogP contribution in [0.5, 0.6) is 0 Å². The van der Waals surface area contributed by atoms with Crippen molar-refractivity contribution in [1.82, 2.24) is 0 Å². The maximum atomic E-state index is 5.11. The molecule has 66 heteroatoms. The van der Waals surface area contributed by atoms with Gasteiger partial charge < -0.3 is 0 Å². The molecule has 0 bridgehead atoms. The Kier molecular flexibility index (Phi) is 75.2. The van der Waals surface area contributed by atoms with Crippen molar-refractivity contribution in [1.29, 1.82) is 0 Å². The van der Waals surface area contributed by atoms with Crippen LogP contribution in [-0.2, 0) is 4.65 Å². The Morgan fingerprint density at radius 2 is 0.279 bits per heavy atom. The summed E-state index contributed by atoms with van der Waals surface area (Å²) in [6.07, 6.45) is 0. The van der Waals surface area contributed by atoms with Gasteiger partial charge in [0.15, 0.2) is 0 Å². The van der Waals surface area contributed by atoms with E-state index >= 15 is 0 Å². The van der Waals surface area contributed by atoms with Crippen molar-refractivity contribution in [2.45, 2.75) is 6.92 Å². The van der Waals surface area contributed by atoms with Gasteiger partial charge in [0.25, 0.3) is 0 Å². The van der Waals surface area contributed by atoms with E-state index < -0.39 is 0 Å². The Hall–Kier alpha value is 4.02. The van der Waals surface area contributed by atoms with E-state index in [1.54, 1.807) is 7.00 Å². The monoisotopic (exact) mass is 763 g/mol. The Morgan fingerprint density at radius 1 is 0.176 bits per heavy atom. The van der Waals surface area contributed by atoms with E-state index in [4.69, 9.17) is 4.65 Å². The van der Waals surface area contributed by atoms with Gasteiger partial charge in [0.05, 0.1) is 0 Å². The molecule has 0 aliphatic rings. The molecule has 0 spiro atoms. The van der Waals surface area contributed by atoms with E-state index in [1.165, 1.54) is 0 Å². The van der Waals surface area contributed by atoms with Gasteiger partial charge in [0.2, 0.25) is 0 Å². The summed E-state index contributed by atoms with van der Waals surface area (Å²) < 4.78 is 5.11. The fraction of sp³-hybridized carbons (Fsp3) is 1.00. The molecule has 0 aliphatic carbocycles. The molecule has 0 aromatic rings. The Labute approximate surface area is 450 Å². The van der Waals surface area contributed by atoms with Gasteiger partial charge in [-0.3, -0.25) is 0 Å². The third kappa shape index (κ3) is 70.0. The van der Waals surface area contributed by atoms with Crippen molar-refractivity contribution in [3.63, 3.8) is 0 Å². The quantitative estimate of drug-likeness (QED) is 0.0607. The third-order valence-electron chi connectivity index (χ3n) is 7.31. The first-order valence-corrected chi connectivity index (χ1v) is 22.8. The number of hydrogen-bond acceptors (Lipinski definition) is 1. The second-order valence-corrected chi connectivity index (χ2v) is 12.9. The predicted octanol–water partition coefficient (Wildman–Crippen LogP) is -24.8. The van der Waals surface area contributed by atoms with Crippen LogP contribution in [0.4, 0.5) is 0 Å². The van der Waals surface area contributed by atoms with Crippen molar-refractivity contribution in [3.05, 3.63) is 0 Å². The fourth-order valence-corrected chi connectivity index (χ4v) is 4.16. The van der Waals surface area contributed by atoms with Crippen molar-refractivity contribution in [3.8, 4) is 0 Å². The molecule has 0 aliphatic heterocycles. The van der Waals surface area contributed by atoms with Crippen LogP contribution in [-0.4, -0.2) is 443 Å². The zero-order valence-electron chi connectivity index (χ0n) is 40.1. The molecule has 68 heavy (non-hydrogen) atoms. The Morgan fingerprint density at radius 3 is 0.382 bits per heavy atom. The standard InChI is InChI=1S/C2H7B65O/c1-2-68-67-66-65-64-63-62-61-60-59-58-57-56-55-54-53-52-51-50-49-48-47-46-45-44-43-42-41-40-39-38-37-36-35-34-33-32-31-30-29-28-27-26-25-24-23-22-21-20-19-18-17-16-15-14-13-12-11-10-9-8-7-6-5-4-3/h2-3H2,1H3. The second kappa shape index (κ2) is 71.0. The summed E-state index contributed by atoms with van der Waals surface area (Å²) in [7, 11) is 3.68. The van der Waals surface area contributed by atoms with E-state index in [9.17, 15) is 0 Å². The molecular weight excluding hydrogens is 743 g/mol. The molecule has 0 N–H and O–H groups in total. The van der Waals surface area contributed by atoms with Gasteiger partial charge in [0, 0.05) is 0 Å². The van der Waals surface area contributed by atoms with Crippen LogP contribution < -0.4 is 0 Å². The summed E-state index contributed by atoms with van der Waals surface area (Å²) in [4.78, 5) is 0. The van der Waals surface area contributed by atoms with Gasteiger partial charge in [-0.25, -0.2) is 0 Å². The second-order valence-electron chi connectivity index (χ2n) is 12.9. The van der Waals surface area contributed by atoms with Crippen LogP contribution in [0.3, 0.4) is 0 Å². The molecule has 0 radical (unpaired) electrons. The zero-order chi connectivity index (χ0) is 48.7. The van der Waals surface area contributed by atoms with Gasteiger partial charge in [-0.15, -0.1) is 0 Å². The van der Waals surface area contributed by atoms with E-state index in [0.717, 1.165) is 0 Å². The minimum atomic E-state index is 0.685. The normalized spacial score (nSPS) is 7.90. The summed E-state index contributed by atoms with van der Waals surface area (Å²) in [6, 6.07) is 0. The van der Waals surface area contributed by atoms with Crippen LogP contribution in [0.25, 0.3) is 0 Å². The fourth-order valence-electron chi connectivity index (χ4n) is 4.16. The topological polar surface area (TPSA) is 9.23 Å². The van der Waals surface area contributed by atoms with E-state index in [1.807, 2.05) is 436 Å². The molecule has 0 amide bonds. The summed E-state index contributed by atoms with van der Waals surface area (Å²) in [5.41, 5.74) is 0. The van der Waals surface area contributed by atoms with Crippen molar-refractivity contribution in [2.75, 3.05) is 6.61 Å². The Balaban J connectivity index is 4.08. The summed E-state index contributed by atoms with van der Waals surface area (Å²) >= 11 is 0. The molecule has 1 nitrogen and oxygen atoms in total. The van der Waals surface area contributed by atoms with Gasteiger partial charge in [-0.2, -0.15) is 0 Å². The van der Waals surface area contributed by atoms with Gasteiger partial charge in [-0.1, -0.05) is 0 Å². The molecule has 216 valence electrons. The molecule has 0 aromatic heterocycles. The van der Waals surface area contributed by atoms with Crippen molar-refractivity contribution < 1.29 is 4.65 Å². The molecule has 0 fully saturated rings. The third-order valence-corrected chi connectivity index (χ3v) is 7.31. The maximum absolute atomic E-state index is 5.11.